The molecule has 0 atom stereocenters. The van der Waals surface area contributed by atoms with Gasteiger partial charge in [0.15, 0.2) is 0 Å². The molecule has 4 nitrogen and oxygen atoms in total. The third-order valence-corrected chi connectivity index (χ3v) is 3.34. The van der Waals surface area contributed by atoms with Gasteiger partial charge in [0.25, 0.3) is 0 Å². The monoisotopic (exact) mass is 309 g/mol. The summed E-state index contributed by atoms with van der Waals surface area (Å²) in [6.45, 7) is 5.51. The summed E-state index contributed by atoms with van der Waals surface area (Å²) in [6, 6.07) is 8.05. The summed E-state index contributed by atoms with van der Waals surface area (Å²) in [6.07, 6.45) is 4.98. The highest BCUT2D eigenvalue weighted by Crippen LogP contribution is 2.19. The Labute approximate surface area is 135 Å². The normalized spacial score (nSPS) is 10.7. The van der Waals surface area contributed by atoms with Gasteiger partial charge in [0, 0.05) is 32.5 Å². The lowest BCUT2D eigenvalue weighted by molar-refractivity contribution is 0.0352. The molecule has 22 heavy (non-hydrogen) atoms. The van der Waals surface area contributed by atoms with Crippen molar-refractivity contribution in [2.45, 2.75) is 32.6 Å². The van der Waals surface area contributed by atoms with Crippen molar-refractivity contribution in [1.29, 1.82) is 0 Å². The molecule has 126 valence electrons. The Morgan fingerprint density at radius 1 is 0.864 bits per heavy atom. The minimum absolute atomic E-state index is 0.563. The van der Waals surface area contributed by atoms with Gasteiger partial charge in [-0.15, -0.1) is 0 Å². The summed E-state index contributed by atoms with van der Waals surface area (Å²) in [4.78, 5) is 2.06. The van der Waals surface area contributed by atoms with Gasteiger partial charge in [0.05, 0.1) is 19.8 Å². The van der Waals surface area contributed by atoms with Crippen LogP contribution in [0.25, 0.3) is 0 Å². The van der Waals surface area contributed by atoms with Crippen molar-refractivity contribution in [1.82, 2.24) is 0 Å². The average molecular weight is 309 g/mol. The van der Waals surface area contributed by atoms with Crippen LogP contribution in [0.5, 0.6) is 5.75 Å². The van der Waals surface area contributed by atoms with Crippen LogP contribution < -0.4 is 9.64 Å². The van der Waals surface area contributed by atoms with E-state index in [9.17, 15) is 0 Å². The van der Waals surface area contributed by atoms with Gasteiger partial charge in [-0.05, 0) is 18.6 Å². The Kier molecular flexibility index (Phi) is 10.5. The summed E-state index contributed by atoms with van der Waals surface area (Å²) < 4.78 is 16.7. The van der Waals surface area contributed by atoms with Crippen LogP contribution in [0.3, 0.4) is 0 Å². The highest BCUT2D eigenvalue weighted by Gasteiger charge is 1.98. The van der Waals surface area contributed by atoms with Gasteiger partial charge < -0.3 is 19.1 Å². The molecule has 0 amide bonds. The van der Waals surface area contributed by atoms with E-state index in [1.165, 1.54) is 19.3 Å². The fourth-order valence-corrected chi connectivity index (χ4v) is 2.02. The molecule has 0 bridgehead atoms. The Bertz CT molecular complexity index is 382. The standard InChI is InChI=1S/C18H31NO3/c1-4-5-6-7-11-20-12-13-21-14-15-22-18-10-8-9-17(16-18)19(2)3/h8-10,16H,4-7,11-15H2,1-3H3. The van der Waals surface area contributed by atoms with Crippen LogP contribution in [0.4, 0.5) is 5.69 Å². The van der Waals surface area contributed by atoms with Crippen molar-refractivity contribution in [3.8, 4) is 5.75 Å². The molecule has 0 unspecified atom stereocenters. The van der Waals surface area contributed by atoms with Crippen LogP contribution in [0.2, 0.25) is 0 Å². The van der Waals surface area contributed by atoms with Gasteiger partial charge in [-0.1, -0.05) is 32.3 Å². The molecule has 0 saturated carbocycles. The lowest BCUT2D eigenvalue weighted by atomic mass is 10.2. The second-order valence-corrected chi connectivity index (χ2v) is 5.53. The van der Waals surface area contributed by atoms with Crippen molar-refractivity contribution in [3.05, 3.63) is 24.3 Å². The molecule has 0 spiro atoms. The van der Waals surface area contributed by atoms with Crippen LogP contribution in [0.15, 0.2) is 24.3 Å². The van der Waals surface area contributed by atoms with Crippen LogP contribution >= 0.6 is 0 Å². The maximum atomic E-state index is 5.68. The zero-order chi connectivity index (χ0) is 16.0. The molecule has 0 aliphatic heterocycles. The maximum Gasteiger partial charge on any atom is 0.121 e. The summed E-state index contributed by atoms with van der Waals surface area (Å²) in [7, 11) is 4.04. The second-order valence-electron chi connectivity index (χ2n) is 5.53. The average Bonchev–Trinajstić information content (AvgIpc) is 2.53. The Hall–Kier alpha value is -1.26. The topological polar surface area (TPSA) is 30.9 Å². The Morgan fingerprint density at radius 2 is 1.59 bits per heavy atom. The predicted octanol–water partition coefficient (Wildman–Crippen LogP) is 3.74. The molecular weight excluding hydrogens is 278 g/mol. The van der Waals surface area contributed by atoms with Gasteiger partial charge in [0.1, 0.15) is 12.4 Å². The predicted molar refractivity (Wildman–Crippen MR) is 92.0 cm³/mol. The Balaban J connectivity index is 1.96. The zero-order valence-electron chi connectivity index (χ0n) is 14.3. The maximum absolute atomic E-state index is 5.68. The number of rotatable bonds is 13. The van der Waals surface area contributed by atoms with Crippen LogP contribution in [-0.4, -0.2) is 47.1 Å². The first-order chi connectivity index (χ1) is 10.7. The summed E-state index contributed by atoms with van der Waals surface area (Å²) in [5.41, 5.74) is 1.13. The molecule has 1 aromatic rings. The number of unbranched alkanes of at least 4 members (excludes halogenated alkanes) is 3. The molecule has 0 fully saturated rings. The number of nitrogens with zero attached hydrogens (tertiary/aromatic N) is 1. The van der Waals surface area contributed by atoms with Crippen molar-refractivity contribution in [2.24, 2.45) is 0 Å². The number of benzene rings is 1. The molecule has 0 aromatic heterocycles. The van der Waals surface area contributed by atoms with Gasteiger partial charge in [0.2, 0.25) is 0 Å². The SMILES string of the molecule is CCCCCCOCCOCCOc1cccc(N(C)C)c1. The van der Waals surface area contributed by atoms with E-state index < -0.39 is 0 Å². The van der Waals surface area contributed by atoms with Crippen LogP contribution in [0, 0.1) is 0 Å². The molecule has 1 aromatic carbocycles. The number of ether oxygens (including phenoxy) is 3. The molecule has 1 rings (SSSR count). The minimum Gasteiger partial charge on any atom is -0.491 e. The third-order valence-electron chi connectivity index (χ3n) is 3.34. The van der Waals surface area contributed by atoms with Gasteiger partial charge in [-0.2, -0.15) is 0 Å². The zero-order valence-corrected chi connectivity index (χ0v) is 14.3. The number of anilines is 1. The van der Waals surface area contributed by atoms with E-state index in [0.717, 1.165) is 24.5 Å². The van der Waals surface area contributed by atoms with Crippen molar-refractivity contribution >= 4 is 5.69 Å². The fraction of sp³-hybridized carbons (Fsp3) is 0.667. The smallest absolute Gasteiger partial charge is 0.121 e. The quantitative estimate of drug-likeness (QED) is 0.519. The van der Waals surface area contributed by atoms with Crippen molar-refractivity contribution in [2.75, 3.05) is 52.0 Å². The summed E-state index contributed by atoms with van der Waals surface area (Å²) in [5, 5.41) is 0. The highest BCUT2D eigenvalue weighted by atomic mass is 16.5. The second kappa shape index (κ2) is 12.3. The van der Waals surface area contributed by atoms with Gasteiger partial charge >= 0.3 is 0 Å². The molecule has 0 aliphatic rings. The lowest BCUT2D eigenvalue weighted by Gasteiger charge is -2.14. The van der Waals surface area contributed by atoms with Crippen LogP contribution in [-0.2, 0) is 9.47 Å². The van der Waals surface area contributed by atoms with E-state index in [1.807, 2.05) is 32.3 Å². The minimum atomic E-state index is 0.563. The summed E-state index contributed by atoms with van der Waals surface area (Å²) >= 11 is 0. The molecule has 0 radical (unpaired) electrons. The van der Waals surface area contributed by atoms with E-state index in [1.54, 1.807) is 0 Å². The van der Waals surface area contributed by atoms with E-state index in [2.05, 4.69) is 17.9 Å². The summed E-state index contributed by atoms with van der Waals surface area (Å²) in [5.74, 6) is 0.877. The first-order valence-corrected chi connectivity index (χ1v) is 8.29. The molecule has 0 heterocycles. The largest absolute Gasteiger partial charge is 0.491 e. The van der Waals surface area contributed by atoms with Crippen molar-refractivity contribution in [3.63, 3.8) is 0 Å². The molecule has 0 N–H and O–H groups in total. The lowest BCUT2D eigenvalue weighted by Crippen LogP contribution is -2.12. The Morgan fingerprint density at radius 3 is 2.32 bits per heavy atom. The number of hydrogen-bond acceptors (Lipinski definition) is 4. The number of hydrogen-bond donors (Lipinski definition) is 0. The molecule has 0 saturated heterocycles. The fourth-order valence-electron chi connectivity index (χ4n) is 2.02. The molecule has 4 heteroatoms. The van der Waals surface area contributed by atoms with Gasteiger partial charge in [-0.25, -0.2) is 0 Å². The van der Waals surface area contributed by atoms with E-state index in [-0.39, 0.29) is 0 Å². The van der Waals surface area contributed by atoms with Gasteiger partial charge in [-0.3, -0.25) is 0 Å². The van der Waals surface area contributed by atoms with E-state index in [4.69, 9.17) is 14.2 Å². The molecular formula is C18H31NO3. The van der Waals surface area contributed by atoms with E-state index in [0.29, 0.717) is 26.4 Å². The molecule has 0 aliphatic carbocycles. The first-order valence-electron chi connectivity index (χ1n) is 8.29. The van der Waals surface area contributed by atoms with Crippen LogP contribution in [0.1, 0.15) is 32.6 Å². The first kappa shape index (κ1) is 18.8. The third kappa shape index (κ3) is 8.90. The highest BCUT2D eigenvalue weighted by molar-refractivity contribution is 5.49. The van der Waals surface area contributed by atoms with Crippen molar-refractivity contribution < 1.29 is 14.2 Å². The van der Waals surface area contributed by atoms with E-state index >= 15 is 0 Å².